The number of anilines is 1. The third kappa shape index (κ3) is 4.25. The third-order valence-electron chi connectivity index (χ3n) is 4.46. The van der Waals surface area contributed by atoms with E-state index in [1.165, 1.54) is 24.3 Å². The van der Waals surface area contributed by atoms with E-state index in [1.54, 1.807) is 18.2 Å². The summed E-state index contributed by atoms with van der Waals surface area (Å²) in [5, 5.41) is 18.0. The molecule has 0 radical (unpaired) electrons. The molecule has 31 heavy (non-hydrogen) atoms. The molecular weight excluding hydrogens is 402 g/mol. The van der Waals surface area contributed by atoms with Crippen LogP contribution >= 0.6 is 0 Å². The molecule has 154 valence electrons. The van der Waals surface area contributed by atoms with Gasteiger partial charge in [0.25, 0.3) is 11.6 Å². The van der Waals surface area contributed by atoms with Crippen molar-refractivity contribution in [2.75, 3.05) is 11.9 Å². The number of hydrogen-bond donors (Lipinski definition) is 1. The number of benzene rings is 3. The van der Waals surface area contributed by atoms with E-state index >= 15 is 0 Å². The van der Waals surface area contributed by atoms with Gasteiger partial charge in [-0.1, -0.05) is 47.6 Å². The molecule has 1 amide bonds. The van der Waals surface area contributed by atoms with Crippen LogP contribution < -0.4 is 5.32 Å². The molecule has 0 fully saturated rings. The minimum absolute atomic E-state index is 0.0203. The topological polar surface area (TPSA) is 125 Å². The van der Waals surface area contributed by atoms with Gasteiger partial charge in [-0.2, -0.15) is 0 Å². The van der Waals surface area contributed by atoms with E-state index in [1.807, 2.05) is 30.3 Å². The first-order valence-electron chi connectivity index (χ1n) is 9.18. The highest BCUT2D eigenvalue weighted by Gasteiger charge is 2.18. The zero-order valence-electron chi connectivity index (χ0n) is 16.0. The number of nitrogens with zero attached hydrogens (tertiary/aromatic N) is 2. The van der Waals surface area contributed by atoms with Gasteiger partial charge in [0.15, 0.2) is 12.4 Å². The average Bonchev–Trinajstić information content (AvgIpc) is 3.21. The zero-order chi connectivity index (χ0) is 21.8. The van der Waals surface area contributed by atoms with Gasteiger partial charge in [0, 0.05) is 11.6 Å². The van der Waals surface area contributed by atoms with Gasteiger partial charge in [-0.3, -0.25) is 14.9 Å². The summed E-state index contributed by atoms with van der Waals surface area (Å²) >= 11 is 0. The second-order valence-electron chi connectivity index (χ2n) is 6.51. The number of fused-ring (bicyclic) bond motifs is 1. The maximum atomic E-state index is 12.4. The van der Waals surface area contributed by atoms with Crippen molar-refractivity contribution in [2.45, 2.75) is 0 Å². The molecule has 1 aromatic heterocycles. The van der Waals surface area contributed by atoms with E-state index in [9.17, 15) is 19.7 Å². The van der Waals surface area contributed by atoms with Crippen molar-refractivity contribution < 1.29 is 23.8 Å². The summed E-state index contributed by atoms with van der Waals surface area (Å²) in [5.41, 5.74) is 1.36. The molecule has 0 saturated carbocycles. The molecule has 9 nitrogen and oxygen atoms in total. The maximum absolute atomic E-state index is 12.4. The van der Waals surface area contributed by atoms with E-state index in [2.05, 4.69) is 10.5 Å². The van der Waals surface area contributed by atoms with Crippen molar-refractivity contribution in [2.24, 2.45) is 0 Å². The lowest BCUT2D eigenvalue weighted by Gasteiger charge is -2.07. The highest BCUT2D eigenvalue weighted by atomic mass is 16.6. The molecule has 0 unspecified atom stereocenters. The summed E-state index contributed by atoms with van der Waals surface area (Å²) in [6.07, 6.45) is 0. The molecule has 0 atom stereocenters. The summed E-state index contributed by atoms with van der Waals surface area (Å²) in [5.74, 6) is -0.905. The van der Waals surface area contributed by atoms with E-state index in [4.69, 9.17) is 9.26 Å². The SMILES string of the molecule is O=C(COC(=O)c1ccc2noc(-c3ccccc3)c2c1)Nc1ccccc1[N+](=O)[O-]. The highest BCUT2D eigenvalue weighted by Crippen LogP contribution is 2.29. The summed E-state index contributed by atoms with van der Waals surface area (Å²) in [6, 6.07) is 19.7. The Bertz CT molecular complexity index is 1280. The van der Waals surface area contributed by atoms with Crippen LogP contribution in [0.5, 0.6) is 0 Å². The van der Waals surface area contributed by atoms with Crippen LogP contribution in [0.4, 0.5) is 11.4 Å². The summed E-state index contributed by atoms with van der Waals surface area (Å²) in [6.45, 7) is -0.599. The highest BCUT2D eigenvalue weighted by molar-refractivity contribution is 6.00. The largest absolute Gasteiger partial charge is 0.452 e. The molecule has 0 aliphatic rings. The van der Waals surface area contributed by atoms with E-state index in [0.29, 0.717) is 16.7 Å². The molecule has 4 rings (SSSR count). The Morgan fingerprint density at radius 3 is 2.55 bits per heavy atom. The molecule has 0 saturated heterocycles. The van der Waals surface area contributed by atoms with Crippen LogP contribution in [0, 0.1) is 10.1 Å². The number of carbonyl (C=O) groups excluding carboxylic acids is 2. The second kappa shape index (κ2) is 8.46. The first kappa shape index (κ1) is 19.8. The first-order valence-corrected chi connectivity index (χ1v) is 9.18. The molecule has 9 heteroatoms. The number of rotatable bonds is 6. The molecule has 0 bridgehead atoms. The Morgan fingerprint density at radius 1 is 1.03 bits per heavy atom. The normalized spacial score (nSPS) is 10.6. The third-order valence-corrected chi connectivity index (χ3v) is 4.46. The monoisotopic (exact) mass is 417 g/mol. The lowest BCUT2D eigenvalue weighted by Crippen LogP contribution is -2.21. The van der Waals surface area contributed by atoms with Gasteiger partial charge >= 0.3 is 5.97 Å². The molecule has 0 aliphatic heterocycles. The molecule has 0 aliphatic carbocycles. The first-order chi connectivity index (χ1) is 15.0. The van der Waals surface area contributed by atoms with Gasteiger partial charge in [0.05, 0.1) is 15.9 Å². The van der Waals surface area contributed by atoms with E-state index in [-0.39, 0.29) is 16.9 Å². The van der Waals surface area contributed by atoms with Crippen LogP contribution in [0.1, 0.15) is 10.4 Å². The van der Waals surface area contributed by atoms with Crippen LogP contribution in [0.15, 0.2) is 77.3 Å². The van der Waals surface area contributed by atoms with Crippen molar-refractivity contribution in [3.8, 4) is 11.3 Å². The fraction of sp³-hybridized carbons (Fsp3) is 0.0455. The molecule has 1 N–H and O–H groups in total. The number of nitrogens with one attached hydrogen (secondary N) is 1. The Labute approximate surface area is 175 Å². The van der Waals surface area contributed by atoms with Crippen LogP contribution in [-0.4, -0.2) is 28.6 Å². The number of para-hydroxylation sites is 2. The van der Waals surface area contributed by atoms with Crippen LogP contribution in [0.25, 0.3) is 22.2 Å². The molecule has 3 aromatic carbocycles. The Balaban J connectivity index is 1.47. The zero-order valence-corrected chi connectivity index (χ0v) is 16.0. The maximum Gasteiger partial charge on any atom is 0.338 e. The van der Waals surface area contributed by atoms with Crippen molar-refractivity contribution in [3.63, 3.8) is 0 Å². The van der Waals surface area contributed by atoms with Gasteiger partial charge in [-0.25, -0.2) is 4.79 Å². The minimum Gasteiger partial charge on any atom is -0.452 e. The van der Waals surface area contributed by atoms with Crippen LogP contribution in [-0.2, 0) is 9.53 Å². The Morgan fingerprint density at radius 2 is 1.77 bits per heavy atom. The van der Waals surface area contributed by atoms with Gasteiger partial charge in [0.1, 0.15) is 11.2 Å². The van der Waals surface area contributed by atoms with Crippen molar-refractivity contribution >= 4 is 34.2 Å². The second-order valence-corrected chi connectivity index (χ2v) is 6.51. The predicted octanol–water partition coefficient (Wildman–Crippen LogP) is 4.20. The van der Waals surface area contributed by atoms with Gasteiger partial charge in [-0.05, 0) is 24.3 Å². The summed E-state index contributed by atoms with van der Waals surface area (Å²) in [4.78, 5) is 34.9. The number of amides is 1. The quantitative estimate of drug-likeness (QED) is 0.283. The summed E-state index contributed by atoms with van der Waals surface area (Å²) in [7, 11) is 0. The standard InChI is InChI=1S/C22H15N3O6/c26-20(23-18-8-4-5-9-19(18)25(28)29)13-30-22(27)15-10-11-17-16(12-15)21(31-24-17)14-6-2-1-3-7-14/h1-12H,13H2,(H,23,26). The number of aromatic nitrogens is 1. The Kier molecular flexibility index (Phi) is 5.39. The number of nitro groups is 1. The molecule has 1 heterocycles. The fourth-order valence-electron chi connectivity index (χ4n) is 3.01. The van der Waals surface area contributed by atoms with E-state index < -0.39 is 23.4 Å². The lowest BCUT2D eigenvalue weighted by molar-refractivity contribution is -0.383. The lowest BCUT2D eigenvalue weighted by atomic mass is 10.1. The number of hydrogen-bond acceptors (Lipinski definition) is 7. The number of esters is 1. The number of nitro benzene ring substituents is 1. The van der Waals surface area contributed by atoms with Crippen molar-refractivity contribution in [1.29, 1.82) is 0 Å². The van der Waals surface area contributed by atoms with Gasteiger partial charge in [0.2, 0.25) is 0 Å². The van der Waals surface area contributed by atoms with Crippen LogP contribution in [0.2, 0.25) is 0 Å². The molecule has 0 spiro atoms. The van der Waals surface area contributed by atoms with E-state index in [0.717, 1.165) is 5.56 Å². The van der Waals surface area contributed by atoms with Crippen LogP contribution in [0.3, 0.4) is 0 Å². The van der Waals surface area contributed by atoms with Gasteiger partial charge < -0.3 is 14.6 Å². The minimum atomic E-state index is -0.722. The number of carbonyl (C=O) groups is 2. The molecular formula is C22H15N3O6. The Hall–Kier alpha value is -4.53. The predicted molar refractivity (Wildman–Crippen MR) is 111 cm³/mol. The summed E-state index contributed by atoms with van der Waals surface area (Å²) < 4.78 is 10.5. The molecule has 4 aromatic rings. The fourth-order valence-corrected chi connectivity index (χ4v) is 3.01. The van der Waals surface area contributed by atoms with Crippen molar-refractivity contribution in [3.05, 3.63) is 88.5 Å². The number of ether oxygens (including phenoxy) is 1. The van der Waals surface area contributed by atoms with Crippen molar-refractivity contribution in [1.82, 2.24) is 5.16 Å². The smallest absolute Gasteiger partial charge is 0.338 e. The average molecular weight is 417 g/mol. The van der Waals surface area contributed by atoms with Gasteiger partial charge in [-0.15, -0.1) is 0 Å².